The van der Waals surface area contributed by atoms with Crippen molar-refractivity contribution in [1.82, 2.24) is 15.6 Å². The highest BCUT2D eigenvalue weighted by atomic mass is 127. The number of guanidine groups is 1. The first-order valence-electron chi connectivity index (χ1n) is 7.72. The molecule has 0 saturated heterocycles. The standard InChI is InChI=1S/C17H24N4S.HI/c1-4-16-21-15(12-22-16)11-20-17(18-5-2)19-10-14-9-7-6-8-13(14)3;/h6-9,12H,4-5,10-11H2,1-3H3,(H2,18,19,20);1H. The van der Waals surface area contributed by atoms with Crippen LogP contribution >= 0.6 is 35.3 Å². The van der Waals surface area contributed by atoms with Gasteiger partial charge in [-0.05, 0) is 31.4 Å². The van der Waals surface area contributed by atoms with Crippen LogP contribution in [0.25, 0.3) is 0 Å². The van der Waals surface area contributed by atoms with E-state index >= 15 is 0 Å². The fraction of sp³-hybridized carbons (Fsp3) is 0.412. The van der Waals surface area contributed by atoms with E-state index in [9.17, 15) is 0 Å². The zero-order valence-corrected chi connectivity index (χ0v) is 17.1. The van der Waals surface area contributed by atoms with Crippen LogP contribution in [0.3, 0.4) is 0 Å². The molecule has 0 amide bonds. The van der Waals surface area contributed by atoms with Crippen molar-refractivity contribution in [2.75, 3.05) is 6.54 Å². The van der Waals surface area contributed by atoms with E-state index in [0.29, 0.717) is 13.1 Å². The number of nitrogens with zero attached hydrogens (tertiary/aromatic N) is 2. The summed E-state index contributed by atoms with van der Waals surface area (Å²) in [7, 11) is 0. The van der Waals surface area contributed by atoms with E-state index in [2.05, 4.69) is 71.0 Å². The summed E-state index contributed by atoms with van der Waals surface area (Å²) in [5.74, 6) is 0.830. The molecule has 0 atom stereocenters. The molecule has 2 N–H and O–H groups in total. The fourth-order valence-corrected chi connectivity index (χ4v) is 2.80. The summed E-state index contributed by atoms with van der Waals surface area (Å²) in [4.78, 5) is 9.22. The number of halogens is 1. The number of hydrogen-bond acceptors (Lipinski definition) is 3. The SMILES string of the molecule is CCNC(=NCc1ccccc1C)NCc1csc(CC)n1.I. The van der Waals surface area contributed by atoms with E-state index < -0.39 is 0 Å². The first kappa shape index (κ1) is 19.9. The number of hydrogen-bond donors (Lipinski definition) is 2. The van der Waals surface area contributed by atoms with Crippen molar-refractivity contribution >= 4 is 41.3 Å². The second-order valence-electron chi connectivity index (χ2n) is 5.06. The van der Waals surface area contributed by atoms with Gasteiger partial charge in [-0.25, -0.2) is 9.98 Å². The van der Waals surface area contributed by atoms with Gasteiger partial charge in [0.2, 0.25) is 0 Å². The van der Waals surface area contributed by atoms with E-state index in [0.717, 1.165) is 24.6 Å². The molecular weight excluding hydrogens is 419 g/mol. The monoisotopic (exact) mass is 444 g/mol. The molecule has 1 aromatic heterocycles. The molecule has 23 heavy (non-hydrogen) atoms. The molecule has 2 aromatic rings. The highest BCUT2D eigenvalue weighted by Crippen LogP contribution is 2.10. The van der Waals surface area contributed by atoms with Gasteiger partial charge in [0, 0.05) is 11.9 Å². The highest BCUT2D eigenvalue weighted by molar-refractivity contribution is 14.0. The van der Waals surface area contributed by atoms with E-state index in [-0.39, 0.29) is 24.0 Å². The number of aryl methyl sites for hydroxylation is 2. The summed E-state index contributed by atoms with van der Waals surface area (Å²) < 4.78 is 0. The number of thiazole rings is 1. The van der Waals surface area contributed by atoms with Crippen LogP contribution in [0.15, 0.2) is 34.6 Å². The third-order valence-corrected chi connectivity index (χ3v) is 4.39. The molecule has 0 radical (unpaired) electrons. The lowest BCUT2D eigenvalue weighted by Crippen LogP contribution is -2.36. The van der Waals surface area contributed by atoms with Crippen LogP contribution < -0.4 is 10.6 Å². The summed E-state index contributed by atoms with van der Waals surface area (Å²) in [6.45, 7) is 8.55. The van der Waals surface area contributed by atoms with E-state index in [4.69, 9.17) is 0 Å². The Morgan fingerprint density at radius 2 is 2.00 bits per heavy atom. The second-order valence-corrected chi connectivity index (χ2v) is 6.00. The molecule has 0 aliphatic carbocycles. The smallest absolute Gasteiger partial charge is 0.191 e. The molecule has 0 saturated carbocycles. The van der Waals surface area contributed by atoms with Gasteiger partial charge in [-0.2, -0.15) is 0 Å². The van der Waals surface area contributed by atoms with Gasteiger partial charge < -0.3 is 10.6 Å². The van der Waals surface area contributed by atoms with Gasteiger partial charge in [0.25, 0.3) is 0 Å². The minimum atomic E-state index is 0. The molecule has 6 heteroatoms. The van der Waals surface area contributed by atoms with Crippen molar-refractivity contribution in [3.8, 4) is 0 Å². The van der Waals surface area contributed by atoms with Gasteiger partial charge in [-0.15, -0.1) is 35.3 Å². The van der Waals surface area contributed by atoms with Crippen LogP contribution in [0.2, 0.25) is 0 Å². The summed E-state index contributed by atoms with van der Waals surface area (Å²) in [5, 5.41) is 9.91. The molecular formula is C17H25IN4S. The van der Waals surface area contributed by atoms with Crippen molar-refractivity contribution < 1.29 is 0 Å². The Balaban J connectivity index is 0.00000264. The fourth-order valence-electron chi connectivity index (χ4n) is 2.06. The predicted molar refractivity (Wildman–Crippen MR) is 110 cm³/mol. The highest BCUT2D eigenvalue weighted by Gasteiger charge is 2.03. The second kappa shape index (κ2) is 10.6. The first-order chi connectivity index (χ1) is 10.7. The van der Waals surface area contributed by atoms with Crippen molar-refractivity contribution in [3.63, 3.8) is 0 Å². The van der Waals surface area contributed by atoms with Crippen LogP contribution in [-0.4, -0.2) is 17.5 Å². The van der Waals surface area contributed by atoms with Crippen molar-refractivity contribution in [3.05, 3.63) is 51.5 Å². The lowest BCUT2D eigenvalue weighted by molar-refractivity contribution is 0.799. The average Bonchev–Trinajstić information content (AvgIpc) is 2.99. The van der Waals surface area contributed by atoms with Crippen LogP contribution in [0.5, 0.6) is 0 Å². The van der Waals surface area contributed by atoms with Gasteiger partial charge in [0.1, 0.15) is 0 Å². The maximum absolute atomic E-state index is 4.66. The van der Waals surface area contributed by atoms with Gasteiger partial charge in [0.15, 0.2) is 5.96 Å². The molecule has 0 bridgehead atoms. The predicted octanol–water partition coefficient (Wildman–Crippen LogP) is 3.89. The van der Waals surface area contributed by atoms with Gasteiger partial charge in [0.05, 0.1) is 23.8 Å². The molecule has 1 aromatic carbocycles. The van der Waals surface area contributed by atoms with Crippen LogP contribution in [0, 0.1) is 6.92 Å². The summed E-state index contributed by atoms with van der Waals surface area (Å²) in [5.41, 5.74) is 3.60. The topological polar surface area (TPSA) is 49.3 Å². The van der Waals surface area contributed by atoms with Crippen molar-refractivity contribution in [2.24, 2.45) is 4.99 Å². The lowest BCUT2D eigenvalue weighted by Gasteiger charge is -2.10. The molecule has 2 rings (SSSR count). The van der Waals surface area contributed by atoms with Crippen LogP contribution in [0.4, 0.5) is 0 Å². The molecule has 0 aliphatic heterocycles. The molecule has 126 valence electrons. The van der Waals surface area contributed by atoms with E-state index in [1.807, 2.05) is 0 Å². The maximum Gasteiger partial charge on any atom is 0.191 e. The van der Waals surface area contributed by atoms with E-state index in [1.54, 1.807) is 11.3 Å². The quantitative estimate of drug-likeness (QED) is 0.404. The number of benzene rings is 1. The molecule has 4 nitrogen and oxygen atoms in total. The largest absolute Gasteiger partial charge is 0.357 e. The minimum absolute atomic E-state index is 0. The number of aromatic nitrogens is 1. The third-order valence-electron chi connectivity index (χ3n) is 3.35. The molecule has 0 fully saturated rings. The van der Waals surface area contributed by atoms with Crippen molar-refractivity contribution in [2.45, 2.75) is 40.3 Å². The Kier molecular flexibility index (Phi) is 9.16. The van der Waals surface area contributed by atoms with Gasteiger partial charge >= 0.3 is 0 Å². The molecule has 0 aliphatic rings. The third kappa shape index (κ3) is 6.47. The maximum atomic E-state index is 4.66. The van der Waals surface area contributed by atoms with Crippen molar-refractivity contribution in [1.29, 1.82) is 0 Å². The Labute approximate surface area is 159 Å². The molecule has 1 heterocycles. The lowest BCUT2D eigenvalue weighted by atomic mass is 10.1. The molecule has 0 spiro atoms. The normalized spacial score (nSPS) is 11.0. The zero-order valence-electron chi connectivity index (χ0n) is 13.9. The number of nitrogens with one attached hydrogen (secondary N) is 2. The summed E-state index contributed by atoms with van der Waals surface area (Å²) in [6.07, 6.45) is 0.992. The Bertz CT molecular complexity index is 625. The Hall–Kier alpha value is -1.15. The van der Waals surface area contributed by atoms with Gasteiger partial charge in [-0.1, -0.05) is 31.2 Å². The Morgan fingerprint density at radius 1 is 1.22 bits per heavy atom. The number of aliphatic imine (C=N–C) groups is 1. The number of rotatable bonds is 6. The Morgan fingerprint density at radius 3 is 2.65 bits per heavy atom. The van der Waals surface area contributed by atoms with Gasteiger partial charge in [-0.3, -0.25) is 0 Å². The zero-order chi connectivity index (χ0) is 15.8. The summed E-state index contributed by atoms with van der Waals surface area (Å²) >= 11 is 1.72. The summed E-state index contributed by atoms with van der Waals surface area (Å²) in [6, 6.07) is 8.35. The van der Waals surface area contributed by atoms with Crippen LogP contribution in [-0.2, 0) is 19.5 Å². The molecule has 0 unspecified atom stereocenters. The first-order valence-corrected chi connectivity index (χ1v) is 8.60. The van der Waals surface area contributed by atoms with Crippen LogP contribution in [0.1, 0.15) is 35.7 Å². The van der Waals surface area contributed by atoms with E-state index in [1.165, 1.54) is 16.1 Å². The average molecular weight is 444 g/mol. The minimum Gasteiger partial charge on any atom is -0.357 e.